The van der Waals surface area contributed by atoms with E-state index in [1.165, 1.54) is 0 Å². The maximum Gasteiger partial charge on any atom is 0.251 e. The van der Waals surface area contributed by atoms with Crippen LogP contribution in [-0.2, 0) is 9.47 Å². The second kappa shape index (κ2) is 13.6. The number of carbonyl (C=O) groups excluding carboxylic acids is 2. The molecule has 200 valence electrons. The van der Waals surface area contributed by atoms with Gasteiger partial charge in [0.2, 0.25) is 0 Å². The van der Waals surface area contributed by atoms with E-state index in [1.807, 2.05) is 6.92 Å². The Morgan fingerprint density at radius 3 is 1.86 bits per heavy atom. The van der Waals surface area contributed by atoms with Crippen molar-refractivity contribution in [2.75, 3.05) is 33.0 Å². The zero-order valence-corrected chi connectivity index (χ0v) is 23.9. The molecular weight excluding hydrogens is 608 g/mol. The van der Waals surface area contributed by atoms with Crippen LogP contribution in [0.25, 0.3) is 0 Å². The van der Waals surface area contributed by atoms with Gasteiger partial charge in [-0.3, -0.25) is 9.59 Å². The van der Waals surface area contributed by atoms with Crippen molar-refractivity contribution in [2.24, 2.45) is 0 Å². The Balaban J connectivity index is 1.22. The summed E-state index contributed by atoms with van der Waals surface area (Å²) in [5, 5.41) is 5.78. The molecule has 2 heterocycles. The van der Waals surface area contributed by atoms with Crippen molar-refractivity contribution in [3.8, 4) is 11.5 Å². The topological polar surface area (TPSA) is 95.1 Å². The Kier molecular flexibility index (Phi) is 10.2. The van der Waals surface area contributed by atoms with Crippen LogP contribution in [0.3, 0.4) is 0 Å². The van der Waals surface area contributed by atoms with Crippen LogP contribution in [0.15, 0.2) is 45.3 Å². The van der Waals surface area contributed by atoms with Gasteiger partial charge in [0.05, 0.1) is 21.2 Å². The summed E-state index contributed by atoms with van der Waals surface area (Å²) >= 11 is 6.96. The highest BCUT2D eigenvalue weighted by molar-refractivity contribution is 9.10. The summed E-state index contributed by atoms with van der Waals surface area (Å²) < 4.78 is 24.2. The van der Waals surface area contributed by atoms with Gasteiger partial charge in [-0.15, -0.1) is 0 Å². The van der Waals surface area contributed by atoms with Crippen LogP contribution in [0.2, 0.25) is 0 Å². The molecule has 0 spiro atoms. The van der Waals surface area contributed by atoms with Crippen molar-refractivity contribution in [1.82, 2.24) is 10.6 Å². The van der Waals surface area contributed by atoms with Gasteiger partial charge in [0.25, 0.3) is 11.8 Å². The number of rotatable bonds is 11. The molecule has 2 saturated heterocycles. The van der Waals surface area contributed by atoms with Crippen LogP contribution < -0.4 is 20.1 Å². The first kappa shape index (κ1) is 27.9. The number of hydrogen-bond donors (Lipinski definition) is 2. The van der Waals surface area contributed by atoms with Gasteiger partial charge in [0, 0.05) is 36.9 Å². The second-order valence-electron chi connectivity index (χ2n) is 9.27. The molecule has 0 aliphatic carbocycles. The summed E-state index contributed by atoms with van der Waals surface area (Å²) in [6.45, 7) is 4.66. The van der Waals surface area contributed by atoms with E-state index in [1.54, 1.807) is 36.4 Å². The fraction of sp³-hybridized carbons (Fsp3) is 0.481. The van der Waals surface area contributed by atoms with Crippen molar-refractivity contribution in [3.63, 3.8) is 0 Å². The van der Waals surface area contributed by atoms with Crippen molar-refractivity contribution in [1.29, 1.82) is 0 Å². The van der Waals surface area contributed by atoms with Crippen molar-refractivity contribution < 1.29 is 28.5 Å². The maximum atomic E-state index is 12.7. The smallest absolute Gasteiger partial charge is 0.251 e. The predicted molar refractivity (Wildman–Crippen MR) is 146 cm³/mol. The maximum absolute atomic E-state index is 12.7. The number of amides is 2. The second-order valence-corrected chi connectivity index (χ2v) is 11.0. The number of halogens is 2. The van der Waals surface area contributed by atoms with E-state index >= 15 is 0 Å². The molecule has 2 amide bonds. The molecular formula is C27H32Br2N2O6. The lowest BCUT2D eigenvalue weighted by atomic mass is 10.1. The monoisotopic (exact) mass is 638 g/mol. The van der Waals surface area contributed by atoms with E-state index in [0.717, 1.165) is 38.9 Å². The minimum absolute atomic E-state index is 0.120. The molecule has 0 radical (unpaired) electrons. The summed E-state index contributed by atoms with van der Waals surface area (Å²) in [5.74, 6) is 0.871. The van der Waals surface area contributed by atoms with E-state index in [2.05, 4.69) is 42.5 Å². The van der Waals surface area contributed by atoms with Crippen molar-refractivity contribution >= 4 is 43.7 Å². The number of carbonyl (C=O) groups is 2. The SMILES string of the molecule is CC(CNC(=O)c1ccc(OCC2CCCO2)c(Br)c1)NC(=O)c1ccc(OCC2CCCO2)c(Br)c1. The van der Waals surface area contributed by atoms with Crippen LogP contribution in [0.1, 0.15) is 53.3 Å². The van der Waals surface area contributed by atoms with E-state index in [4.69, 9.17) is 18.9 Å². The number of benzene rings is 2. The van der Waals surface area contributed by atoms with E-state index < -0.39 is 0 Å². The van der Waals surface area contributed by atoms with E-state index in [-0.39, 0.29) is 36.6 Å². The van der Waals surface area contributed by atoms with Crippen molar-refractivity contribution in [3.05, 3.63) is 56.5 Å². The zero-order chi connectivity index (χ0) is 26.2. The van der Waals surface area contributed by atoms with Crippen LogP contribution in [0.5, 0.6) is 11.5 Å². The number of nitrogens with one attached hydrogen (secondary N) is 2. The Morgan fingerprint density at radius 2 is 1.41 bits per heavy atom. The zero-order valence-electron chi connectivity index (χ0n) is 20.8. The quantitative estimate of drug-likeness (QED) is 0.364. The minimum atomic E-state index is -0.275. The molecule has 4 rings (SSSR count). The summed E-state index contributed by atoms with van der Waals surface area (Å²) in [6.07, 6.45) is 4.36. The summed E-state index contributed by atoms with van der Waals surface area (Å²) in [5.41, 5.74) is 0.995. The van der Waals surface area contributed by atoms with Crippen molar-refractivity contribution in [2.45, 2.75) is 50.9 Å². The molecule has 2 aliphatic heterocycles. The highest BCUT2D eigenvalue weighted by Gasteiger charge is 2.19. The van der Waals surface area contributed by atoms with E-state index in [9.17, 15) is 9.59 Å². The summed E-state index contributed by atoms with van der Waals surface area (Å²) in [6, 6.07) is 10.2. The van der Waals surface area contributed by atoms with Gasteiger partial charge in [-0.05, 0) is 101 Å². The third-order valence-electron chi connectivity index (χ3n) is 6.23. The van der Waals surface area contributed by atoms with Gasteiger partial charge in [-0.1, -0.05) is 0 Å². The van der Waals surface area contributed by atoms with Gasteiger partial charge >= 0.3 is 0 Å². The standard InChI is InChI=1S/C27H32Br2N2O6/c1-17(31-27(33)19-7-9-25(23(29)13-19)37-16-21-5-3-11-35-21)14-30-26(32)18-6-8-24(22(28)12-18)36-15-20-4-2-10-34-20/h6-9,12-13,17,20-21H,2-5,10-11,14-16H2,1H3,(H,30,32)(H,31,33). The molecule has 0 saturated carbocycles. The van der Waals surface area contributed by atoms with Gasteiger partial charge in [0.1, 0.15) is 24.7 Å². The largest absolute Gasteiger partial charge is 0.490 e. The van der Waals surface area contributed by atoms with Gasteiger partial charge in [-0.25, -0.2) is 0 Å². The van der Waals surface area contributed by atoms with Crippen LogP contribution in [-0.4, -0.2) is 63.0 Å². The molecule has 2 aromatic carbocycles. The molecule has 2 aromatic rings. The average molecular weight is 640 g/mol. The highest BCUT2D eigenvalue weighted by Crippen LogP contribution is 2.28. The fourth-order valence-electron chi connectivity index (χ4n) is 4.14. The average Bonchev–Trinajstić information content (AvgIpc) is 3.60. The van der Waals surface area contributed by atoms with Crippen LogP contribution >= 0.6 is 31.9 Å². The molecule has 10 heteroatoms. The lowest BCUT2D eigenvalue weighted by molar-refractivity contribution is 0.0676. The summed E-state index contributed by atoms with van der Waals surface area (Å²) in [7, 11) is 0. The van der Waals surface area contributed by atoms with Gasteiger partial charge in [0.15, 0.2) is 0 Å². The van der Waals surface area contributed by atoms with Crippen LogP contribution in [0.4, 0.5) is 0 Å². The van der Waals surface area contributed by atoms with E-state index in [0.29, 0.717) is 44.8 Å². The lowest BCUT2D eigenvalue weighted by Crippen LogP contribution is -2.41. The number of hydrogen-bond acceptors (Lipinski definition) is 6. The molecule has 3 atom stereocenters. The molecule has 0 bridgehead atoms. The fourth-order valence-corrected chi connectivity index (χ4v) is 5.13. The predicted octanol–water partition coefficient (Wildman–Crippen LogP) is 4.88. The minimum Gasteiger partial charge on any atom is -0.490 e. The van der Waals surface area contributed by atoms with Gasteiger partial charge in [-0.2, -0.15) is 0 Å². The Labute approximate surface area is 234 Å². The Morgan fingerprint density at radius 1 is 0.892 bits per heavy atom. The molecule has 3 unspecified atom stereocenters. The Bertz CT molecular complexity index is 1090. The first-order valence-corrected chi connectivity index (χ1v) is 14.1. The summed E-state index contributed by atoms with van der Waals surface area (Å²) in [4.78, 5) is 25.3. The molecule has 37 heavy (non-hydrogen) atoms. The normalized spacial score (nSPS) is 19.9. The molecule has 8 nitrogen and oxygen atoms in total. The van der Waals surface area contributed by atoms with Crippen LogP contribution in [0, 0.1) is 0 Å². The number of ether oxygens (including phenoxy) is 4. The van der Waals surface area contributed by atoms with Gasteiger partial charge < -0.3 is 29.6 Å². The third-order valence-corrected chi connectivity index (χ3v) is 7.47. The molecule has 2 aliphatic rings. The highest BCUT2D eigenvalue weighted by atomic mass is 79.9. The first-order valence-electron chi connectivity index (χ1n) is 12.6. The lowest BCUT2D eigenvalue weighted by Gasteiger charge is -2.17. The first-order chi connectivity index (χ1) is 17.9. The molecule has 2 N–H and O–H groups in total. The molecule has 0 aromatic heterocycles. The molecule has 2 fully saturated rings. The Hall–Kier alpha value is -2.14. The third kappa shape index (κ3) is 8.17.